The second-order valence-corrected chi connectivity index (χ2v) is 6.04. The molecule has 0 saturated carbocycles. The number of nitrogens with one attached hydrogen (secondary N) is 1. The van der Waals surface area contributed by atoms with Gasteiger partial charge in [0.05, 0.1) is 10.6 Å². The molecule has 1 amide bonds. The molecule has 2 aliphatic heterocycles. The fraction of sp³-hybridized carbons (Fsp3) is 0.571. The van der Waals surface area contributed by atoms with Gasteiger partial charge in [-0.25, -0.2) is 10.8 Å². The monoisotopic (exact) mass is 309 g/mol. The fourth-order valence-corrected chi connectivity index (χ4v) is 3.40. The zero-order valence-corrected chi connectivity index (χ0v) is 12.6. The number of anilines is 1. The van der Waals surface area contributed by atoms with Crippen LogP contribution in [0.5, 0.6) is 0 Å². The molecule has 1 aromatic heterocycles. The average molecular weight is 310 g/mol. The summed E-state index contributed by atoms with van der Waals surface area (Å²) in [7, 11) is 0. The number of carbonyl (C=O) groups excluding carboxylic acids is 1. The minimum atomic E-state index is -0.00167. The zero-order chi connectivity index (χ0) is 14.8. The Bertz CT molecular complexity index is 538. The highest BCUT2D eigenvalue weighted by atomic mass is 35.5. The highest BCUT2D eigenvalue weighted by molar-refractivity contribution is 6.33. The Morgan fingerprint density at radius 3 is 3.00 bits per heavy atom. The van der Waals surface area contributed by atoms with Gasteiger partial charge in [-0.2, -0.15) is 0 Å². The van der Waals surface area contributed by atoms with E-state index in [2.05, 4.69) is 15.3 Å². The maximum atomic E-state index is 12.6. The maximum Gasteiger partial charge on any atom is 0.255 e. The SMILES string of the molecule is NNc1ncc(C(=O)N2CCN3CCCCC3C2)cc1Cl. The smallest absolute Gasteiger partial charge is 0.255 e. The summed E-state index contributed by atoms with van der Waals surface area (Å²) in [6.07, 6.45) is 5.24. The third-order valence-corrected chi connectivity index (χ3v) is 4.64. The lowest BCUT2D eigenvalue weighted by Crippen LogP contribution is -2.56. The molecule has 6 nitrogen and oxygen atoms in total. The molecule has 2 aliphatic rings. The molecule has 2 saturated heterocycles. The lowest BCUT2D eigenvalue weighted by Gasteiger charge is -2.44. The van der Waals surface area contributed by atoms with Gasteiger partial charge in [-0.1, -0.05) is 18.0 Å². The Balaban J connectivity index is 1.71. The number of nitrogens with two attached hydrogens (primary N) is 1. The Morgan fingerprint density at radius 2 is 2.24 bits per heavy atom. The molecule has 0 bridgehead atoms. The van der Waals surface area contributed by atoms with E-state index in [1.54, 1.807) is 6.07 Å². The van der Waals surface area contributed by atoms with Crippen molar-refractivity contribution in [1.82, 2.24) is 14.8 Å². The number of hydrazine groups is 1. The largest absolute Gasteiger partial charge is 0.336 e. The number of rotatable bonds is 2. The lowest BCUT2D eigenvalue weighted by atomic mass is 9.99. The van der Waals surface area contributed by atoms with Gasteiger partial charge in [0, 0.05) is 31.9 Å². The van der Waals surface area contributed by atoms with Crippen molar-refractivity contribution in [3.05, 3.63) is 22.8 Å². The minimum Gasteiger partial charge on any atom is -0.336 e. The van der Waals surface area contributed by atoms with E-state index in [1.807, 2.05) is 4.90 Å². The van der Waals surface area contributed by atoms with Crippen molar-refractivity contribution in [1.29, 1.82) is 0 Å². The van der Waals surface area contributed by atoms with Crippen LogP contribution in [0.15, 0.2) is 12.3 Å². The predicted molar refractivity (Wildman–Crippen MR) is 82.2 cm³/mol. The van der Waals surface area contributed by atoms with E-state index < -0.39 is 0 Å². The fourth-order valence-electron chi connectivity index (χ4n) is 3.18. The number of carbonyl (C=O) groups is 1. The first-order chi connectivity index (χ1) is 10.2. The van der Waals surface area contributed by atoms with Gasteiger partial charge in [-0.15, -0.1) is 0 Å². The molecule has 0 radical (unpaired) electrons. The molecule has 7 heteroatoms. The zero-order valence-electron chi connectivity index (χ0n) is 11.9. The summed E-state index contributed by atoms with van der Waals surface area (Å²) in [4.78, 5) is 21.1. The standard InChI is InChI=1S/C14H20ClN5O/c15-12-7-10(8-17-13(12)18-16)14(21)20-6-5-19-4-2-1-3-11(19)9-20/h7-8,11H,1-6,9,16H2,(H,17,18). The number of hydrogen-bond donors (Lipinski definition) is 2. The summed E-state index contributed by atoms with van der Waals surface area (Å²) in [5.41, 5.74) is 2.92. The second kappa shape index (κ2) is 6.17. The molecular weight excluding hydrogens is 290 g/mol. The summed E-state index contributed by atoms with van der Waals surface area (Å²) in [6.45, 7) is 3.69. The van der Waals surface area contributed by atoms with Crippen molar-refractivity contribution in [3.8, 4) is 0 Å². The van der Waals surface area contributed by atoms with Gasteiger partial charge in [0.25, 0.3) is 5.91 Å². The summed E-state index contributed by atoms with van der Waals surface area (Å²) in [6, 6.07) is 2.13. The molecule has 3 heterocycles. The van der Waals surface area contributed by atoms with Gasteiger partial charge in [0.15, 0.2) is 5.82 Å². The van der Waals surface area contributed by atoms with Gasteiger partial charge in [0.2, 0.25) is 0 Å². The van der Waals surface area contributed by atoms with Crippen LogP contribution in [0, 0.1) is 0 Å². The molecular formula is C14H20ClN5O. The van der Waals surface area contributed by atoms with Crippen LogP contribution in [0.25, 0.3) is 0 Å². The molecule has 1 atom stereocenters. The number of amides is 1. The highest BCUT2D eigenvalue weighted by Crippen LogP contribution is 2.24. The Kier molecular flexibility index (Phi) is 4.28. The number of piperazine rings is 1. The Labute approximate surface area is 129 Å². The van der Waals surface area contributed by atoms with Crippen molar-refractivity contribution < 1.29 is 4.79 Å². The minimum absolute atomic E-state index is 0.00167. The first-order valence-electron chi connectivity index (χ1n) is 7.34. The number of pyridine rings is 1. The quantitative estimate of drug-likeness (QED) is 0.637. The molecule has 21 heavy (non-hydrogen) atoms. The van der Waals surface area contributed by atoms with E-state index in [-0.39, 0.29) is 5.91 Å². The van der Waals surface area contributed by atoms with Crippen LogP contribution in [0.2, 0.25) is 5.02 Å². The van der Waals surface area contributed by atoms with E-state index in [9.17, 15) is 4.79 Å². The summed E-state index contributed by atoms with van der Waals surface area (Å²) >= 11 is 6.04. The molecule has 0 aromatic carbocycles. The topological polar surface area (TPSA) is 74.5 Å². The van der Waals surface area contributed by atoms with Crippen LogP contribution in [0.4, 0.5) is 5.82 Å². The average Bonchev–Trinajstić information content (AvgIpc) is 2.53. The number of piperidine rings is 1. The van der Waals surface area contributed by atoms with E-state index in [4.69, 9.17) is 17.4 Å². The van der Waals surface area contributed by atoms with E-state index in [1.165, 1.54) is 25.5 Å². The van der Waals surface area contributed by atoms with Crippen LogP contribution < -0.4 is 11.3 Å². The van der Waals surface area contributed by atoms with Gasteiger partial charge in [-0.3, -0.25) is 9.69 Å². The normalized spacial score (nSPS) is 22.8. The molecule has 0 spiro atoms. The molecule has 0 aliphatic carbocycles. The van der Waals surface area contributed by atoms with E-state index >= 15 is 0 Å². The van der Waals surface area contributed by atoms with Crippen LogP contribution >= 0.6 is 11.6 Å². The number of nitrogens with zero attached hydrogens (tertiary/aromatic N) is 3. The molecule has 3 N–H and O–H groups in total. The number of nitrogen functional groups attached to an aromatic ring is 1. The number of fused-ring (bicyclic) bond motifs is 1. The molecule has 114 valence electrons. The summed E-state index contributed by atoms with van der Waals surface area (Å²) in [5.74, 6) is 5.67. The first-order valence-corrected chi connectivity index (χ1v) is 7.72. The number of aromatic nitrogens is 1. The molecule has 2 fully saturated rings. The van der Waals surface area contributed by atoms with Crippen LogP contribution in [-0.2, 0) is 0 Å². The van der Waals surface area contributed by atoms with Crippen molar-refractivity contribution in [2.45, 2.75) is 25.3 Å². The van der Waals surface area contributed by atoms with Crippen molar-refractivity contribution in [2.24, 2.45) is 5.84 Å². The van der Waals surface area contributed by atoms with Crippen molar-refractivity contribution in [3.63, 3.8) is 0 Å². The maximum absolute atomic E-state index is 12.6. The van der Waals surface area contributed by atoms with Gasteiger partial charge < -0.3 is 10.3 Å². The number of halogens is 1. The second-order valence-electron chi connectivity index (χ2n) is 5.64. The van der Waals surface area contributed by atoms with Crippen LogP contribution in [-0.4, -0.2) is 52.9 Å². The number of hydrogen-bond acceptors (Lipinski definition) is 5. The molecule has 1 aromatic rings. The predicted octanol–water partition coefficient (Wildman–Crippen LogP) is 1.33. The first kappa shape index (κ1) is 14.6. The van der Waals surface area contributed by atoms with E-state index in [0.717, 1.165) is 26.2 Å². The van der Waals surface area contributed by atoms with E-state index in [0.29, 0.717) is 22.4 Å². The third-order valence-electron chi connectivity index (χ3n) is 4.35. The molecule has 3 rings (SSSR count). The van der Waals surface area contributed by atoms with Gasteiger partial charge in [0.1, 0.15) is 0 Å². The van der Waals surface area contributed by atoms with Crippen LogP contribution in [0.1, 0.15) is 29.6 Å². The highest BCUT2D eigenvalue weighted by Gasteiger charge is 2.31. The third kappa shape index (κ3) is 2.97. The van der Waals surface area contributed by atoms with Gasteiger partial charge in [-0.05, 0) is 25.5 Å². The molecule has 1 unspecified atom stereocenters. The van der Waals surface area contributed by atoms with Crippen molar-refractivity contribution >= 4 is 23.3 Å². The summed E-state index contributed by atoms with van der Waals surface area (Å²) < 4.78 is 0. The van der Waals surface area contributed by atoms with Crippen LogP contribution in [0.3, 0.4) is 0 Å². The van der Waals surface area contributed by atoms with Crippen molar-refractivity contribution in [2.75, 3.05) is 31.6 Å². The lowest BCUT2D eigenvalue weighted by molar-refractivity contribution is 0.0372. The van der Waals surface area contributed by atoms with Gasteiger partial charge >= 0.3 is 0 Å². The Morgan fingerprint density at radius 1 is 1.38 bits per heavy atom. The Hall–Kier alpha value is -1.37. The summed E-state index contributed by atoms with van der Waals surface area (Å²) in [5, 5.41) is 0.361.